The third kappa shape index (κ3) is 6.17. The summed E-state index contributed by atoms with van der Waals surface area (Å²) in [6.07, 6.45) is 3.60. The third-order valence-corrected chi connectivity index (χ3v) is 4.69. The van der Waals surface area contributed by atoms with E-state index in [0.717, 1.165) is 38.5 Å². The minimum Gasteiger partial charge on any atom is -0.375 e. The Balaban J connectivity index is 0.00000242. The second-order valence-corrected chi connectivity index (χ2v) is 7.77. The van der Waals surface area contributed by atoms with Gasteiger partial charge in [0.15, 0.2) is 5.96 Å². The lowest BCUT2D eigenvalue weighted by molar-refractivity contribution is -0.0816. The molecule has 2 heterocycles. The Bertz CT molecular complexity index is 466. The van der Waals surface area contributed by atoms with Crippen LogP contribution in [-0.2, 0) is 19.3 Å². The molecule has 9 heteroatoms. The van der Waals surface area contributed by atoms with Gasteiger partial charge in [0.05, 0.1) is 18.5 Å². The summed E-state index contributed by atoms with van der Waals surface area (Å²) in [7, 11) is -1.26. The molecular formula is C13H26IN3O4S. The zero-order valence-electron chi connectivity index (χ0n) is 13.2. The fourth-order valence-electron chi connectivity index (χ4n) is 2.67. The number of rotatable bonds is 4. The molecule has 2 saturated heterocycles. The molecule has 2 fully saturated rings. The first kappa shape index (κ1) is 19.9. The highest BCUT2D eigenvalue weighted by molar-refractivity contribution is 14.0. The molecule has 0 radical (unpaired) electrons. The zero-order chi connectivity index (χ0) is 15.3. The van der Waals surface area contributed by atoms with Gasteiger partial charge in [-0.15, -0.1) is 24.0 Å². The number of guanidine groups is 1. The number of nitrogens with zero attached hydrogens (tertiary/aromatic N) is 2. The molecule has 1 N–H and O–H groups in total. The molecule has 7 nitrogen and oxygen atoms in total. The summed E-state index contributed by atoms with van der Waals surface area (Å²) in [6.45, 7) is 3.29. The van der Waals surface area contributed by atoms with E-state index in [2.05, 4.69) is 15.2 Å². The van der Waals surface area contributed by atoms with Crippen molar-refractivity contribution in [3.63, 3.8) is 0 Å². The molecule has 2 rings (SSSR count). The topological polar surface area (TPSA) is 80.2 Å². The molecule has 0 aliphatic carbocycles. The van der Waals surface area contributed by atoms with Crippen molar-refractivity contribution < 1.29 is 17.9 Å². The van der Waals surface area contributed by atoms with Crippen molar-refractivity contribution in [1.82, 2.24) is 10.2 Å². The number of morpholine rings is 1. The standard InChI is InChI=1S/C13H25N3O4S.HI/c1-14-13(15-5-9-21(2,17)18)16-6-8-20-12(10-16)11-4-3-7-19-11;/h11-12H,3-10H2,1-2H3,(H,14,15);1H. The highest BCUT2D eigenvalue weighted by Gasteiger charge is 2.32. The lowest BCUT2D eigenvalue weighted by Crippen LogP contribution is -2.53. The van der Waals surface area contributed by atoms with Gasteiger partial charge in [0, 0.05) is 39.5 Å². The molecule has 0 aromatic heterocycles. The van der Waals surface area contributed by atoms with Gasteiger partial charge in [-0.05, 0) is 12.8 Å². The molecule has 0 aromatic rings. The number of aliphatic imine (C=N–C) groups is 1. The van der Waals surface area contributed by atoms with E-state index >= 15 is 0 Å². The monoisotopic (exact) mass is 447 g/mol. The minimum absolute atomic E-state index is 0. The highest BCUT2D eigenvalue weighted by atomic mass is 127. The molecule has 0 saturated carbocycles. The van der Waals surface area contributed by atoms with E-state index in [9.17, 15) is 8.42 Å². The first-order valence-corrected chi connectivity index (χ1v) is 9.42. The average molecular weight is 447 g/mol. The van der Waals surface area contributed by atoms with Gasteiger partial charge in [-0.2, -0.15) is 0 Å². The summed E-state index contributed by atoms with van der Waals surface area (Å²) in [4.78, 5) is 6.34. The maximum absolute atomic E-state index is 11.2. The number of ether oxygens (including phenoxy) is 2. The van der Waals surface area contributed by atoms with Gasteiger partial charge in [0.1, 0.15) is 15.9 Å². The fraction of sp³-hybridized carbons (Fsp3) is 0.923. The number of hydrogen-bond acceptors (Lipinski definition) is 5. The predicted molar refractivity (Wildman–Crippen MR) is 96.8 cm³/mol. The van der Waals surface area contributed by atoms with Gasteiger partial charge >= 0.3 is 0 Å². The van der Waals surface area contributed by atoms with Crippen molar-refractivity contribution in [3.8, 4) is 0 Å². The first-order chi connectivity index (χ1) is 9.99. The van der Waals surface area contributed by atoms with Gasteiger partial charge in [-0.3, -0.25) is 4.99 Å². The number of sulfone groups is 1. The third-order valence-electron chi connectivity index (χ3n) is 3.74. The van der Waals surface area contributed by atoms with Gasteiger partial charge in [0.25, 0.3) is 0 Å². The second kappa shape index (κ2) is 9.24. The largest absolute Gasteiger partial charge is 0.375 e. The minimum atomic E-state index is -2.96. The summed E-state index contributed by atoms with van der Waals surface area (Å²) in [6, 6.07) is 0. The van der Waals surface area contributed by atoms with Gasteiger partial charge in [-0.25, -0.2) is 8.42 Å². The Labute approximate surface area is 149 Å². The summed E-state index contributed by atoms with van der Waals surface area (Å²) in [5.41, 5.74) is 0. The molecule has 2 aliphatic heterocycles. The van der Waals surface area contributed by atoms with Gasteiger partial charge in [-0.1, -0.05) is 0 Å². The van der Waals surface area contributed by atoms with E-state index in [-0.39, 0.29) is 41.9 Å². The van der Waals surface area contributed by atoms with Crippen LogP contribution in [0, 0.1) is 0 Å². The molecule has 0 spiro atoms. The number of hydrogen-bond donors (Lipinski definition) is 1. The van der Waals surface area contributed by atoms with Crippen LogP contribution in [0.15, 0.2) is 4.99 Å². The van der Waals surface area contributed by atoms with Crippen molar-refractivity contribution in [1.29, 1.82) is 0 Å². The summed E-state index contributed by atoms with van der Waals surface area (Å²) >= 11 is 0. The second-order valence-electron chi connectivity index (χ2n) is 5.51. The molecular weight excluding hydrogens is 421 g/mol. The Kier molecular flexibility index (Phi) is 8.36. The Morgan fingerprint density at radius 2 is 2.05 bits per heavy atom. The van der Waals surface area contributed by atoms with Crippen LogP contribution < -0.4 is 5.32 Å². The Hall–Kier alpha value is -0.130. The van der Waals surface area contributed by atoms with Gasteiger partial charge in [0.2, 0.25) is 0 Å². The van der Waals surface area contributed by atoms with Crippen molar-refractivity contribution in [2.24, 2.45) is 4.99 Å². The van der Waals surface area contributed by atoms with Crippen LogP contribution in [0.4, 0.5) is 0 Å². The zero-order valence-corrected chi connectivity index (χ0v) is 16.3. The first-order valence-electron chi connectivity index (χ1n) is 7.36. The van der Waals surface area contributed by atoms with Crippen LogP contribution in [0.3, 0.4) is 0 Å². The lowest BCUT2D eigenvalue weighted by atomic mass is 10.1. The van der Waals surface area contributed by atoms with Crippen molar-refractivity contribution in [2.75, 3.05) is 51.9 Å². The van der Waals surface area contributed by atoms with Crippen LogP contribution in [0.5, 0.6) is 0 Å². The van der Waals surface area contributed by atoms with Crippen molar-refractivity contribution >= 4 is 39.8 Å². The highest BCUT2D eigenvalue weighted by Crippen LogP contribution is 2.20. The van der Waals surface area contributed by atoms with Gasteiger partial charge < -0.3 is 19.7 Å². The van der Waals surface area contributed by atoms with E-state index < -0.39 is 9.84 Å². The number of nitrogens with one attached hydrogen (secondary N) is 1. The molecule has 0 aromatic carbocycles. The molecule has 22 heavy (non-hydrogen) atoms. The molecule has 130 valence electrons. The van der Waals surface area contributed by atoms with Crippen molar-refractivity contribution in [2.45, 2.75) is 25.0 Å². The number of halogens is 1. The lowest BCUT2D eigenvalue weighted by Gasteiger charge is -2.37. The van der Waals surface area contributed by atoms with E-state index in [1.807, 2.05) is 0 Å². The summed E-state index contributed by atoms with van der Waals surface area (Å²) < 4.78 is 33.8. The maximum Gasteiger partial charge on any atom is 0.193 e. The summed E-state index contributed by atoms with van der Waals surface area (Å²) in [5.74, 6) is 0.830. The Morgan fingerprint density at radius 3 is 2.64 bits per heavy atom. The van der Waals surface area contributed by atoms with Crippen molar-refractivity contribution in [3.05, 3.63) is 0 Å². The smallest absolute Gasteiger partial charge is 0.193 e. The molecule has 2 aliphatic rings. The molecule has 0 amide bonds. The van der Waals surface area contributed by atoms with Crippen LogP contribution in [-0.4, -0.2) is 83.4 Å². The average Bonchev–Trinajstić information content (AvgIpc) is 2.97. The maximum atomic E-state index is 11.2. The Morgan fingerprint density at radius 1 is 1.32 bits per heavy atom. The van der Waals surface area contributed by atoms with Crippen LogP contribution >= 0.6 is 24.0 Å². The van der Waals surface area contributed by atoms with E-state index in [0.29, 0.717) is 13.2 Å². The molecule has 2 unspecified atom stereocenters. The predicted octanol–water partition coefficient (Wildman–Crippen LogP) is 0.104. The summed E-state index contributed by atoms with van der Waals surface area (Å²) in [5, 5.41) is 3.11. The molecule has 0 bridgehead atoms. The van der Waals surface area contributed by atoms with Crippen LogP contribution in [0.25, 0.3) is 0 Å². The van der Waals surface area contributed by atoms with E-state index in [1.54, 1.807) is 7.05 Å². The quantitative estimate of drug-likeness (QED) is 0.374. The van der Waals surface area contributed by atoms with Crippen LogP contribution in [0.1, 0.15) is 12.8 Å². The van der Waals surface area contributed by atoms with E-state index in [4.69, 9.17) is 9.47 Å². The fourth-order valence-corrected chi connectivity index (χ4v) is 3.14. The van der Waals surface area contributed by atoms with E-state index in [1.165, 1.54) is 6.26 Å². The van der Waals surface area contributed by atoms with Crippen LogP contribution in [0.2, 0.25) is 0 Å². The molecule has 2 atom stereocenters. The SMILES string of the molecule is CN=C(NCCS(C)(=O)=O)N1CCOC(C2CCCO2)C1.I. The normalized spacial score (nSPS) is 26.6.